The molecular formula is C28H39F3O3. The van der Waals surface area contributed by atoms with Crippen LogP contribution in [0, 0.1) is 0 Å². The Morgan fingerprint density at radius 1 is 0.794 bits per heavy atom. The summed E-state index contributed by atoms with van der Waals surface area (Å²) in [6.45, 7) is 6.07. The van der Waals surface area contributed by atoms with Gasteiger partial charge in [0.1, 0.15) is 0 Å². The zero-order chi connectivity index (χ0) is 25.2. The van der Waals surface area contributed by atoms with Crippen LogP contribution in [0.15, 0.2) is 48.5 Å². The van der Waals surface area contributed by atoms with Crippen molar-refractivity contribution in [3.05, 3.63) is 59.7 Å². The Morgan fingerprint density at radius 2 is 1.41 bits per heavy atom. The van der Waals surface area contributed by atoms with E-state index in [1.165, 1.54) is 37.8 Å². The number of alkyl halides is 3. The minimum Gasteiger partial charge on any atom is -0.330 e. The van der Waals surface area contributed by atoms with E-state index in [0.717, 1.165) is 36.5 Å². The van der Waals surface area contributed by atoms with Crippen LogP contribution in [-0.4, -0.2) is 26.3 Å². The summed E-state index contributed by atoms with van der Waals surface area (Å²) in [6.07, 6.45) is 3.31. The molecule has 0 heterocycles. The molecule has 6 heteroatoms. The van der Waals surface area contributed by atoms with Gasteiger partial charge < -0.3 is 14.2 Å². The van der Waals surface area contributed by atoms with Crippen molar-refractivity contribution in [1.29, 1.82) is 0 Å². The molecule has 2 aromatic carbocycles. The van der Waals surface area contributed by atoms with Crippen LogP contribution in [0.1, 0.15) is 82.8 Å². The molecule has 0 aliphatic rings. The average Bonchev–Trinajstić information content (AvgIpc) is 2.82. The number of ether oxygens (including phenoxy) is 3. The number of hydrogen-bond donors (Lipinski definition) is 0. The molecule has 0 aliphatic heterocycles. The van der Waals surface area contributed by atoms with E-state index in [9.17, 15) is 13.2 Å². The zero-order valence-electron chi connectivity index (χ0n) is 21.1. The summed E-state index contributed by atoms with van der Waals surface area (Å²) in [6, 6.07) is 13.0. The van der Waals surface area contributed by atoms with E-state index in [1.54, 1.807) is 20.3 Å². The molecule has 190 valence electrons. The Morgan fingerprint density at radius 3 is 1.97 bits per heavy atom. The second kappa shape index (κ2) is 13.3. The molecule has 1 atom stereocenters. The second-order valence-electron chi connectivity index (χ2n) is 8.99. The fraction of sp³-hybridized carbons (Fsp3) is 0.571. The van der Waals surface area contributed by atoms with Crippen molar-refractivity contribution in [2.24, 2.45) is 0 Å². The summed E-state index contributed by atoms with van der Waals surface area (Å²) in [7, 11) is 3.16. The number of unbranched alkanes of at least 4 members (excludes halogenated alkanes) is 5. The molecular weight excluding hydrogens is 441 g/mol. The summed E-state index contributed by atoms with van der Waals surface area (Å²) >= 11 is 0. The van der Waals surface area contributed by atoms with Gasteiger partial charge in [0.15, 0.2) is 0 Å². The topological polar surface area (TPSA) is 27.7 Å². The van der Waals surface area contributed by atoms with Gasteiger partial charge in [-0.15, -0.1) is 0 Å². The van der Waals surface area contributed by atoms with Crippen molar-refractivity contribution in [1.82, 2.24) is 0 Å². The monoisotopic (exact) mass is 480 g/mol. The maximum atomic E-state index is 13.1. The predicted octanol–water partition coefficient (Wildman–Crippen LogP) is 8.58. The second-order valence-corrected chi connectivity index (χ2v) is 8.99. The Hall–Kier alpha value is -1.89. The molecule has 0 saturated heterocycles. The molecule has 2 aromatic rings. The van der Waals surface area contributed by atoms with E-state index in [4.69, 9.17) is 14.2 Å². The highest BCUT2D eigenvalue weighted by molar-refractivity contribution is 5.64. The van der Waals surface area contributed by atoms with E-state index in [1.807, 2.05) is 38.1 Å². The van der Waals surface area contributed by atoms with Gasteiger partial charge in [-0.25, -0.2) is 0 Å². The minimum atomic E-state index is -4.37. The minimum absolute atomic E-state index is 0.115. The van der Waals surface area contributed by atoms with Gasteiger partial charge in [-0.2, -0.15) is 13.2 Å². The summed E-state index contributed by atoms with van der Waals surface area (Å²) in [5.74, 6) is -1.43. The van der Waals surface area contributed by atoms with Crippen LogP contribution in [0.3, 0.4) is 0 Å². The lowest BCUT2D eigenvalue weighted by atomic mass is 9.89. The van der Waals surface area contributed by atoms with Gasteiger partial charge >= 0.3 is 6.18 Å². The first kappa shape index (κ1) is 28.3. The van der Waals surface area contributed by atoms with Crippen molar-refractivity contribution in [2.45, 2.75) is 89.9 Å². The van der Waals surface area contributed by atoms with Gasteiger partial charge in [0.25, 0.3) is 5.97 Å². The van der Waals surface area contributed by atoms with Gasteiger partial charge in [0, 0.05) is 14.2 Å². The van der Waals surface area contributed by atoms with Crippen LogP contribution >= 0.6 is 0 Å². The third-order valence-electron chi connectivity index (χ3n) is 6.08. The van der Waals surface area contributed by atoms with Gasteiger partial charge in [0.2, 0.25) is 0 Å². The third-order valence-corrected chi connectivity index (χ3v) is 6.08. The van der Waals surface area contributed by atoms with Crippen LogP contribution in [0.2, 0.25) is 0 Å². The van der Waals surface area contributed by atoms with Crippen LogP contribution in [0.5, 0.6) is 0 Å². The molecule has 0 spiro atoms. The predicted molar refractivity (Wildman–Crippen MR) is 131 cm³/mol. The van der Waals surface area contributed by atoms with Gasteiger partial charge in [-0.05, 0) is 49.1 Å². The molecule has 0 aliphatic carbocycles. The molecule has 0 amide bonds. The molecule has 0 fully saturated rings. The molecule has 0 aromatic heterocycles. The largest absolute Gasteiger partial charge is 0.416 e. The van der Waals surface area contributed by atoms with E-state index in [0.29, 0.717) is 5.56 Å². The first-order valence-electron chi connectivity index (χ1n) is 12.2. The summed E-state index contributed by atoms with van der Waals surface area (Å²) in [5.41, 5.74) is 1.56. The SMILES string of the molecule is CCCCCCCCC(c1ccc(-c2cccc(C(F)(F)F)c2)cc1)C(OC)(OC)OC(C)C. The molecule has 0 saturated carbocycles. The number of methoxy groups -OCH3 is 2. The number of benzene rings is 2. The fourth-order valence-corrected chi connectivity index (χ4v) is 4.33. The maximum Gasteiger partial charge on any atom is 0.416 e. The van der Waals surface area contributed by atoms with Crippen LogP contribution < -0.4 is 0 Å². The smallest absolute Gasteiger partial charge is 0.330 e. The maximum absolute atomic E-state index is 13.1. The molecule has 0 N–H and O–H groups in total. The summed E-state index contributed by atoms with van der Waals surface area (Å²) in [5, 5.41) is 0. The van der Waals surface area contributed by atoms with Gasteiger partial charge in [0.05, 0.1) is 17.6 Å². The first-order valence-corrected chi connectivity index (χ1v) is 12.2. The Balaban J connectivity index is 2.31. The fourth-order valence-electron chi connectivity index (χ4n) is 4.33. The highest BCUT2D eigenvalue weighted by Gasteiger charge is 2.42. The number of hydrogen-bond acceptors (Lipinski definition) is 3. The van der Waals surface area contributed by atoms with E-state index in [-0.39, 0.29) is 12.0 Å². The zero-order valence-corrected chi connectivity index (χ0v) is 21.1. The Labute approximate surface area is 202 Å². The molecule has 2 rings (SSSR count). The molecule has 1 unspecified atom stereocenters. The third kappa shape index (κ3) is 7.82. The van der Waals surface area contributed by atoms with Crippen LogP contribution in [-0.2, 0) is 20.4 Å². The molecule has 34 heavy (non-hydrogen) atoms. The lowest BCUT2D eigenvalue weighted by Crippen LogP contribution is -2.45. The standard InChI is InChI=1S/C28H39F3O3/c1-6-7-8-9-10-11-15-26(28(32-4,33-5)34-21(2)3)23-18-16-22(17-19-23)24-13-12-14-25(20-24)27(29,30)31/h12-14,16-21,26H,6-11,15H2,1-5H3. The molecule has 0 bridgehead atoms. The van der Waals surface area contributed by atoms with E-state index in [2.05, 4.69) is 6.92 Å². The van der Waals surface area contributed by atoms with Gasteiger partial charge in [-0.1, -0.05) is 81.8 Å². The van der Waals surface area contributed by atoms with Crippen LogP contribution in [0.25, 0.3) is 11.1 Å². The lowest BCUT2D eigenvalue weighted by molar-refractivity contribution is -0.385. The van der Waals surface area contributed by atoms with Crippen molar-refractivity contribution in [3.63, 3.8) is 0 Å². The number of rotatable bonds is 14. The Bertz CT molecular complexity index is 843. The first-order chi connectivity index (χ1) is 16.2. The highest BCUT2D eigenvalue weighted by atomic mass is 19.4. The summed E-state index contributed by atoms with van der Waals surface area (Å²) < 4.78 is 57.2. The van der Waals surface area contributed by atoms with Crippen LogP contribution in [0.4, 0.5) is 13.2 Å². The molecule has 3 nitrogen and oxygen atoms in total. The summed E-state index contributed by atoms with van der Waals surface area (Å²) in [4.78, 5) is 0. The number of halogens is 3. The quantitative estimate of drug-likeness (QED) is 0.200. The van der Waals surface area contributed by atoms with Crippen molar-refractivity contribution in [3.8, 4) is 11.1 Å². The normalized spacial score (nSPS) is 13.4. The molecule has 0 radical (unpaired) electrons. The van der Waals surface area contributed by atoms with Crippen molar-refractivity contribution in [2.75, 3.05) is 14.2 Å². The van der Waals surface area contributed by atoms with Crippen molar-refractivity contribution >= 4 is 0 Å². The Kier molecular flexibility index (Phi) is 11.1. The van der Waals surface area contributed by atoms with Crippen molar-refractivity contribution < 1.29 is 27.4 Å². The average molecular weight is 481 g/mol. The highest BCUT2D eigenvalue weighted by Crippen LogP contribution is 2.39. The van der Waals surface area contributed by atoms with E-state index >= 15 is 0 Å². The lowest BCUT2D eigenvalue weighted by Gasteiger charge is -2.39. The van der Waals surface area contributed by atoms with Gasteiger partial charge in [-0.3, -0.25) is 0 Å². The van der Waals surface area contributed by atoms with E-state index < -0.39 is 17.7 Å².